The number of nitrogens with one attached hydrogen (secondary N) is 1. The molecule has 0 radical (unpaired) electrons. The summed E-state index contributed by atoms with van der Waals surface area (Å²) in [7, 11) is 1.73. The molecule has 0 aromatic carbocycles. The van der Waals surface area contributed by atoms with Gasteiger partial charge in [-0.2, -0.15) is 0 Å². The SMILES string of the molecule is COC1CCCCC1NC(=O)N1CCC(C(C)O)CC1. The number of carbonyl (C=O) groups is 1. The molecule has 1 aliphatic heterocycles. The molecule has 20 heavy (non-hydrogen) atoms. The normalized spacial score (nSPS) is 30.1. The zero-order valence-corrected chi connectivity index (χ0v) is 12.7. The van der Waals surface area contributed by atoms with E-state index in [-0.39, 0.29) is 24.3 Å². The predicted octanol–water partition coefficient (Wildman–Crippen LogP) is 1.75. The van der Waals surface area contributed by atoms with Gasteiger partial charge < -0.3 is 20.1 Å². The molecule has 1 saturated heterocycles. The summed E-state index contributed by atoms with van der Waals surface area (Å²) in [5.41, 5.74) is 0. The lowest BCUT2D eigenvalue weighted by Gasteiger charge is -2.36. The van der Waals surface area contributed by atoms with Gasteiger partial charge in [0.25, 0.3) is 0 Å². The smallest absolute Gasteiger partial charge is 0.317 e. The minimum Gasteiger partial charge on any atom is -0.393 e. The Bertz CT molecular complexity index is 314. The number of aliphatic hydroxyl groups is 1. The highest BCUT2D eigenvalue weighted by Gasteiger charge is 2.30. The zero-order chi connectivity index (χ0) is 14.5. The molecule has 0 aromatic heterocycles. The lowest BCUT2D eigenvalue weighted by molar-refractivity contribution is 0.0404. The summed E-state index contributed by atoms with van der Waals surface area (Å²) >= 11 is 0. The number of methoxy groups -OCH3 is 1. The van der Waals surface area contributed by atoms with Gasteiger partial charge in [0.1, 0.15) is 0 Å². The van der Waals surface area contributed by atoms with Gasteiger partial charge >= 0.3 is 6.03 Å². The number of hydrogen-bond donors (Lipinski definition) is 2. The number of carbonyl (C=O) groups excluding carboxylic acids is 1. The van der Waals surface area contributed by atoms with Crippen LogP contribution in [-0.2, 0) is 4.74 Å². The van der Waals surface area contributed by atoms with Crippen LogP contribution in [0.2, 0.25) is 0 Å². The maximum atomic E-state index is 12.3. The minimum absolute atomic E-state index is 0.0305. The van der Waals surface area contributed by atoms with Gasteiger partial charge in [-0.05, 0) is 38.5 Å². The van der Waals surface area contributed by atoms with Crippen LogP contribution in [0.3, 0.4) is 0 Å². The maximum absolute atomic E-state index is 12.3. The topological polar surface area (TPSA) is 61.8 Å². The summed E-state index contributed by atoms with van der Waals surface area (Å²) < 4.78 is 5.47. The summed E-state index contributed by atoms with van der Waals surface area (Å²) in [6, 6.07) is 0.179. The lowest BCUT2D eigenvalue weighted by atomic mass is 9.91. The van der Waals surface area contributed by atoms with Crippen molar-refractivity contribution in [3.05, 3.63) is 0 Å². The van der Waals surface area contributed by atoms with Crippen molar-refractivity contribution >= 4 is 6.03 Å². The number of aliphatic hydroxyl groups excluding tert-OH is 1. The molecule has 2 fully saturated rings. The minimum atomic E-state index is -0.267. The van der Waals surface area contributed by atoms with Crippen LogP contribution in [0.1, 0.15) is 45.4 Å². The highest BCUT2D eigenvalue weighted by Crippen LogP contribution is 2.23. The van der Waals surface area contributed by atoms with Crippen LogP contribution in [-0.4, -0.2) is 54.5 Å². The Kier molecular flexibility index (Phi) is 5.66. The first-order valence-electron chi connectivity index (χ1n) is 7.88. The quantitative estimate of drug-likeness (QED) is 0.830. The summed E-state index contributed by atoms with van der Waals surface area (Å²) in [6.07, 6.45) is 6.06. The number of likely N-dealkylation sites (tertiary alicyclic amines) is 1. The summed E-state index contributed by atoms with van der Waals surface area (Å²) in [6.45, 7) is 3.32. The fourth-order valence-electron chi connectivity index (χ4n) is 3.38. The zero-order valence-electron chi connectivity index (χ0n) is 12.7. The average molecular weight is 284 g/mol. The van der Waals surface area contributed by atoms with E-state index in [0.29, 0.717) is 5.92 Å². The molecular weight excluding hydrogens is 256 g/mol. The first-order valence-corrected chi connectivity index (χ1v) is 7.88. The van der Waals surface area contributed by atoms with Crippen molar-refractivity contribution in [2.45, 2.75) is 63.7 Å². The Hall–Kier alpha value is -0.810. The molecule has 1 aliphatic carbocycles. The van der Waals surface area contributed by atoms with Gasteiger partial charge in [0.15, 0.2) is 0 Å². The van der Waals surface area contributed by atoms with Crippen molar-refractivity contribution in [1.29, 1.82) is 0 Å². The second kappa shape index (κ2) is 7.27. The average Bonchev–Trinajstić information content (AvgIpc) is 2.48. The summed E-state index contributed by atoms with van der Waals surface area (Å²) in [5, 5.41) is 12.7. The molecule has 2 aliphatic rings. The molecular formula is C15H28N2O3. The molecule has 116 valence electrons. The fourth-order valence-corrected chi connectivity index (χ4v) is 3.38. The Morgan fingerprint density at radius 1 is 1.25 bits per heavy atom. The van der Waals surface area contributed by atoms with Crippen molar-refractivity contribution in [3.8, 4) is 0 Å². The fraction of sp³-hybridized carbons (Fsp3) is 0.933. The van der Waals surface area contributed by atoms with Crippen LogP contribution in [0.15, 0.2) is 0 Å². The van der Waals surface area contributed by atoms with Crippen LogP contribution >= 0.6 is 0 Å². The predicted molar refractivity (Wildman–Crippen MR) is 77.6 cm³/mol. The van der Waals surface area contributed by atoms with E-state index in [1.165, 1.54) is 6.42 Å². The van der Waals surface area contributed by atoms with Crippen molar-refractivity contribution in [3.63, 3.8) is 0 Å². The molecule has 2 amide bonds. The van der Waals surface area contributed by atoms with Crippen molar-refractivity contribution < 1.29 is 14.6 Å². The van der Waals surface area contributed by atoms with E-state index >= 15 is 0 Å². The Morgan fingerprint density at radius 3 is 2.50 bits per heavy atom. The first kappa shape index (κ1) is 15.6. The Balaban J connectivity index is 1.80. The molecule has 0 aromatic rings. The molecule has 1 saturated carbocycles. The van der Waals surface area contributed by atoms with E-state index in [9.17, 15) is 9.90 Å². The molecule has 3 atom stereocenters. The van der Waals surface area contributed by atoms with E-state index in [0.717, 1.165) is 45.2 Å². The largest absolute Gasteiger partial charge is 0.393 e. The number of urea groups is 1. The van der Waals surface area contributed by atoms with Crippen LogP contribution in [0.4, 0.5) is 4.79 Å². The highest BCUT2D eigenvalue weighted by atomic mass is 16.5. The molecule has 2 N–H and O–H groups in total. The van der Waals surface area contributed by atoms with Gasteiger partial charge in [0.05, 0.1) is 18.2 Å². The molecule has 3 unspecified atom stereocenters. The first-order chi connectivity index (χ1) is 9.61. The summed E-state index contributed by atoms with van der Waals surface area (Å²) in [5.74, 6) is 0.334. The molecule has 5 heteroatoms. The van der Waals surface area contributed by atoms with Gasteiger partial charge in [-0.25, -0.2) is 4.79 Å². The third kappa shape index (κ3) is 3.85. The van der Waals surface area contributed by atoms with Crippen molar-refractivity contribution in [2.24, 2.45) is 5.92 Å². The number of nitrogens with zero attached hydrogens (tertiary/aromatic N) is 1. The summed E-state index contributed by atoms with van der Waals surface area (Å²) in [4.78, 5) is 14.2. The van der Waals surface area contributed by atoms with Crippen molar-refractivity contribution in [1.82, 2.24) is 10.2 Å². The van der Waals surface area contributed by atoms with Crippen LogP contribution in [0.5, 0.6) is 0 Å². The van der Waals surface area contributed by atoms with E-state index in [1.54, 1.807) is 7.11 Å². The van der Waals surface area contributed by atoms with Gasteiger partial charge in [0, 0.05) is 20.2 Å². The standard InChI is InChI=1S/C15H28N2O3/c1-11(18)12-7-9-17(10-8-12)15(19)16-13-5-3-4-6-14(13)20-2/h11-14,18H,3-10H2,1-2H3,(H,16,19). The molecule has 0 spiro atoms. The van der Waals surface area contributed by atoms with Gasteiger partial charge in [-0.1, -0.05) is 12.8 Å². The third-order valence-corrected chi connectivity index (χ3v) is 4.82. The van der Waals surface area contributed by atoms with Gasteiger partial charge in [-0.15, -0.1) is 0 Å². The molecule has 5 nitrogen and oxygen atoms in total. The van der Waals surface area contributed by atoms with Crippen LogP contribution in [0, 0.1) is 5.92 Å². The Morgan fingerprint density at radius 2 is 1.90 bits per heavy atom. The molecule has 1 heterocycles. The molecule has 2 rings (SSSR count). The molecule has 0 bridgehead atoms. The lowest BCUT2D eigenvalue weighted by Crippen LogP contribution is -2.52. The number of rotatable bonds is 3. The highest BCUT2D eigenvalue weighted by molar-refractivity contribution is 5.74. The number of amides is 2. The number of piperidine rings is 1. The number of ether oxygens (including phenoxy) is 1. The van der Waals surface area contributed by atoms with E-state index < -0.39 is 0 Å². The van der Waals surface area contributed by atoms with Crippen molar-refractivity contribution in [2.75, 3.05) is 20.2 Å². The van der Waals surface area contributed by atoms with E-state index in [1.807, 2.05) is 11.8 Å². The third-order valence-electron chi connectivity index (χ3n) is 4.82. The van der Waals surface area contributed by atoms with E-state index in [4.69, 9.17) is 4.74 Å². The number of hydrogen-bond acceptors (Lipinski definition) is 3. The van der Waals surface area contributed by atoms with E-state index in [2.05, 4.69) is 5.32 Å². The monoisotopic (exact) mass is 284 g/mol. The maximum Gasteiger partial charge on any atom is 0.317 e. The van der Waals surface area contributed by atoms with Gasteiger partial charge in [0.2, 0.25) is 0 Å². The van der Waals surface area contributed by atoms with Crippen LogP contribution < -0.4 is 5.32 Å². The Labute approximate surface area is 121 Å². The van der Waals surface area contributed by atoms with Crippen LogP contribution in [0.25, 0.3) is 0 Å². The van der Waals surface area contributed by atoms with Gasteiger partial charge in [-0.3, -0.25) is 0 Å². The second-order valence-corrected chi connectivity index (χ2v) is 6.18. The second-order valence-electron chi connectivity index (χ2n) is 6.18.